The van der Waals surface area contributed by atoms with Gasteiger partial charge in [0.2, 0.25) is 0 Å². The first kappa shape index (κ1) is 8.92. The maximum absolute atomic E-state index is 11.1. The third-order valence-electron chi connectivity index (χ3n) is 3.05. The van der Waals surface area contributed by atoms with Crippen LogP contribution in [0.1, 0.15) is 16.4 Å². The first-order chi connectivity index (χ1) is 7.27. The molecule has 0 spiro atoms. The second-order valence-electron chi connectivity index (χ2n) is 3.87. The quantitative estimate of drug-likeness (QED) is 0.743. The number of hydrogen-bond donors (Lipinski definition) is 1. The summed E-state index contributed by atoms with van der Waals surface area (Å²) in [5, 5.41) is 1.97. The van der Waals surface area contributed by atoms with Gasteiger partial charge in [0.05, 0.1) is 5.25 Å². The van der Waals surface area contributed by atoms with Crippen LogP contribution in [-0.2, 0) is 17.1 Å². The molecule has 0 fully saturated rings. The molecule has 0 radical (unpaired) electrons. The molecule has 1 aliphatic carbocycles. The van der Waals surface area contributed by atoms with Crippen LogP contribution >= 0.6 is 0 Å². The Balaban J connectivity index is 2.41. The fraction of sp³-hybridized carbons (Fsp3) is 0.167. The summed E-state index contributed by atoms with van der Waals surface area (Å²) in [5.74, 6) is 0. The van der Waals surface area contributed by atoms with Crippen molar-refractivity contribution in [1.82, 2.24) is 0 Å². The third kappa shape index (κ3) is 1.20. The molecule has 2 aromatic rings. The molecule has 76 valence electrons. The van der Waals surface area contributed by atoms with Gasteiger partial charge in [-0.15, -0.1) is 0 Å². The summed E-state index contributed by atoms with van der Waals surface area (Å²) in [6, 6.07) is 11.9. The first-order valence-corrected chi connectivity index (χ1v) is 6.16. The minimum absolute atomic E-state index is 0.318. The molecule has 1 atom stereocenters. The number of hydrogen-bond acceptors (Lipinski definition) is 2. The summed E-state index contributed by atoms with van der Waals surface area (Å²) >= 11 is 0. The predicted octanol–water partition coefficient (Wildman–Crippen LogP) is 2.05. The van der Waals surface area contributed by atoms with Gasteiger partial charge in [0, 0.05) is 0 Å². The third-order valence-corrected chi connectivity index (χ3v) is 4.02. The van der Waals surface area contributed by atoms with E-state index in [-0.39, 0.29) is 5.25 Å². The van der Waals surface area contributed by atoms with Crippen LogP contribution in [0.15, 0.2) is 36.4 Å². The molecule has 0 heterocycles. The first-order valence-electron chi connectivity index (χ1n) is 4.91. The van der Waals surface area contributed by atoms with E-state index in [9.17, 15) is 8.42 Å². The zero-order valence-electron chi connectivity index (χ0n) is 8.01. The van der Waals surface area contributed by atoms with Crippen molar-refractivity contribution in [2.45, 2.75) is 11.7 Å². The molecular formula is C12H10O2S. The van der Waals surface area contributed by atoms with Crippen LogP contribution in [0.5, 0.6) is 0 Å². The topological polar surface area (TPSA) is 34.1 Å². The Morgan fingerprint density at radius 3 is 2.53 bits per heavy atom. The summed E-state index contributed by atoms with van der Waals surface area (Å²) in [6.45, 7) is 0. The Morgan fingerprint density at radius 2 is 1.80 bits per heavy atom. The molecule has 0 bridgehead atoms. The number of benzene rings is 2. The fourth-order valence-corrected chi connectivity index (χ4v) is 3.19. The van der Waals surface area contributed by atoms with Crippen LogP contribution in [0.25, 0.3) is 10.8 Å². The van der Waals surface area contributed by atoms with Gasteiger partial charge >= 0.3 is 0 Å². The van der Waals surface area contributed by atoms with Gasteiger partial charge in [0.1, 0.15) is 10.7 Å². The molecule has 0 aromatic heterocycles. The van der Waals surface area contributed by atoms with Crippen LogP contribution in [0, 0.1) is 0 Å². The Kier molecular flexibility index (Phi) is 1.83. The molecule has 2 aromatic carbocycles. The van der Waals surface area contributed by atoms with E-state index in [0.717, 1.165) is 21.9 Å². The Morgan fingerprint density at radius 1 is 1.07 bits per heavy atom. The van der Waals surface area contributed by atoms with Crippen LogP contribution in [0.4, 0.5) is 0 Å². The smallest absolute Gasteiger partial charge is 0.147 e. The van der Waals surface area contributed by atoms with Gasteiger partial charge in [-0.3, -0.25) is 0 Å². The highest BCUT2D eigenvalue weighted by molar-refractivity contribution is 7.72. The van der Waals surface area contributed by atoms with Crippen LogP contribution in [0.2, 0.25) is 0 Å². The lowest BCUT2D eigenvalue weighted by molar-refractivity contribution is 0.603. The largest absolute Gasteiger partial charge is 0.231 e. The van der Waals surface area contributed by atoms with Gasteiger partial charge in [-0.25, -0.2) is 8.42 Å². The molecule has 0 N–H and O–H groups in total. The van der Waals surface area contributed by atoms with Crippen molar-refractivity contribution < 1.29 is 8.42 Å². The van der Waals surface area contributed by atoms with E-state index in [1.54, 1.807) is 0 Å². The highest BCUT2D eigenvalue weighted by Crippen LogP contribution is 2.38. The monoisotopic (exact) mass is 218 g/mol. The molecule has 0 saturated carbocycles. The molecule has 2 nitrogen and oxygen atoms in total. The molecule has 3 rings (SSSR count). The molecule has 1 aliphatic rings. The summed E-state index contributed by atoms with van der Waals surface area (Å²) in [6.07, 6.45) is 0.634. The highest BCUT2D eigenvalue weighted by Gasteiger charge is 2.25. The van der Waals surface area contributed by atoms with E-state index in [4.69, 9.17) is 0 Å². The summed E-state index contributed by atoms with van der Waals surface area (Å²) in [5.41, 5.74) is 2.13. The van der Waals surface area contributed by atoms with Gasteiger partial charge in [-0.1, -0.05) is 36.4 Å². The van der Waals surface area contributed by atoms with Gasteiger partial charge in [0.25, 0.3) is 0 Å². The van der Waals surface area contributed by atoms with Gasteiger partial charge in [-0.2, -0.15) is 0 Å². The summed E-state index contributed by atoms with van der Waals surface area (Å²) < 4.78 is 22.3. The highest BCUT2D eigenvalue weighted by atomic mass is 32.2. The molecule has 0 saturated heterocycles. The summed E-state index contributed by atoms with van der Waals surface area (Å²) in [7, 11) is -2.37. The zero-order chi connectivity index (χ0) is 10.4. The van der Waals surface area contributed by atoms with Gasteiger partial charge < -0.3 is 0 Å². The maximum Gasteiger partial charge on any atom is 0.147 e. The van der Waals surface area contributed by atoms with E-state index >= 15 is 0 Å². The minimum atomic E-state index is -2.37. The Bertz CT molecular complexity index is 601. The van der Waals surface area contributed by atoms with E-state index in [0.29, 0.717) is 6.42 Å². The van der Waals surface area contributed by atoms with Crippen molar-refractivity contribution in [3.63, 3.8) is 0 Å². The van der Waals surface area contributed by atoms with Crippen molar-refractivity contribution in [2.24, 2.45) is 0 Å². The van der Waals surface area contributed by atoms with Crippen molar-refractivity contribution in [1.29, 1.82) is 0 Å². The average molecular weight is 218 g/mol. The Hall–Kier alpha value is -1.35. The molecule has 0 amide bonds. The standard InChI is InChI=1S/C12H10O2S/c13-15(14)11-7-9-5-1-3-8-4-2-6-10(11)12(8)9/h1-6,11,15H,7H2. The predicted molar refractivity (Wildman–Crippen MR) is 60.7 cm³/mol. The zero-order valence-corrected chi connectivity index (χ0v) is 8.91. The van der Waals surface area contributed by atoms with Crippen LogP contribution < -0.4 is 0 Å². The summed E-state index contributed by atoms with van der Waals surface area (Å²) in [4.78, 5) is 0. The second kappa shape index (κ2) is 3.07. The lowest BCUT2D eigenvalue weighted by Gasteiger charge is -2.02. The molecule has 15 heavy (non-hydrogen) atoms. The molecule has 1 unspecified atom stereocenters. The van der Waals surface area contributed by atoms with Gasteiger partial charge in [0.15, 0.2) is 0 Å². The van der Waals surface area contributed by atoms with Crippen molar-refractivity contribution in [3.05, 3.63) is 47.5 Å². The lowest BCUT2D eigenvalue weighted by atomic mass is 10.1. The molecular weight excluding hydrogens is 208 g/mol. The number of thiol groups is 1. The van der Waals surface area contributed by atoms with E-state index in [1.165, 1.54) is 0 Å². The van der Waals surface area contributed by atoms with Crippen molar-refractivity contribution in [2.75, 3.05) is 0 Å². The Labute approximate surface area is 89.5 Å². The molecule has 0 aliphatic heterocycles. The second-order valence-corrected chi connectivity index (χ2v) is 5.06. The maximum atomic E-state index is 11.1. The number of rotatable bonds is 1. The van der Waals surface area contributed by atoms with Crippen molar-refractivity contribution in [3.8, 4) is 0 Å². The van der Waals surface area contributed by atoms with Crippen LogP contribution in [0.3, 0.4) is 0 Å². The fourth-order valence-electron chi connectivity index (χ4n) is 2.40. The van der Waals surface area contributed by atoms with Gasteiger partial charge in [-0.05, 0) is 28.3 Å². The van der Waals surface area contributed by atoms with E-state index in [2.05, 4.69) is 0 Å². The van der Waals surface area contributed by atoms with E-state index < -0.39 is 10.7 Å². The average Bonchev–Trinajstić information content (AvgIpc) is 2.61. The lowest BCUT2D eigenvalue weighted by Crippen LogP contribution is -1.97. The van der Waals surface area contributed by atoms with E-state index in [1.807, 2.05) is 36.4 Å². The minimum Gasteiger partial charge on any atom is -0.231 e. The van der Waals surface area contributed by atoms with Crippen molar-refractivity contribution >= 4 is 21.5 Å². The normalized spacial score (nSPS) is 18.9. The van der Waals surface area contributed by atoms with Crippen LogP contribution in [-0.4, -0.2) is 8.42 Å². The SMILES string of the molecule is O=[SH](=O)C1Cc2cccc3cccc1c23. The molecule has 3 heteroatoms.